The first-order valence-corrected chi connectivity index (χ1v) is 9.97. The molecule has 1 fully saturated rings. The molecule has 28 heavy (non-hydrogen) atoms. The van der Waals surface area contributed by atoms with E-state index >= 15 is 0 Å². The molecule has 1 N–H and O–H groups in total. The molecule has 3 aromatic carbocycles. The third kappa shape index (κ3) is 3.15. The van der Waals surface area contributed by atoms with Gasteiger partial charge < -0.3 is 9.88 Å². The molecule has 0 bridgehead atoms. The Labute approximate surface area is 164 Å². The molecule has 1 aliphatic rings. The Balaban J connectivity index is 1.26. The molecule has 4 nitrogen and oxygen atoms in total. The lowest BCUT2D eigenvalue weighted by Crippen LogP contribution is -2.39. The van der Waals surface area contributed by atoms with Gasteiger partial charge in [0, 0.05) is 19.0 Å². The fourth-order valence-electron chi connectivity index (χ4n) is 4.29. The van der Waals surface area contributed by atoms with E-state index in [1.54, 1.807) is 0 Å². The standard InChI is InChI=1S/C24H23N3O/c28-23(16-19-8-5-7-17-6-1-2-9-20(17)19)27-14-12-18(13-15-27)24-25-21-10-3-4-11-22(21)26-24/h1-11,18H,12-16H2,(H,25,26). The van der Waals surface area contributed by atoms with E-state index < -0.39 is 0 Å². The average Bonchev–Trinajstić information content (AvgIpc) is 3.18. The number of carbonyl (C=O) groups is 1. The first-order valence-electron chi connectivity index (χ1n) is 9.97. The Kier molecular flexibility index (Phi) is 4.32. The lowest BCUT2D eigenvalue weighted by molar-refractivity contribution is -0.131. The van der Waals surface area contributed by atoms with Gasteiger partial charge in [-0.2, -0.15) is 0 Å². The number of nitrogens with zero attached hydrogens (tertiary/aromatic N) is 2. The first-order chi connectivity index (χ1) is 13.8. The Morgan fingerprint density at radius 1 is 0.964 bits per heavy atom. The number of benzene rings is 3. The van der Waals surface area contributed by atoms with Crippen molar-refractivity contribution in [2.75, 3.05) is 13.1 Å². The zero-order valence-electron chi connectivity index (χ0n) is 15.8. The van der Waals surface area contributed by atoms with Crippen molar-refractivity contribution in [3.8, 4) is 0 Å². The van der Waals surface area contributed by atoms with Gasteiger partial charge in [0.2, 0.25) is 5.91 Å². The van der Waals surface area contributed by atoms with Crippen molar-refractivity contribution in [3.05, 3.63) is 78.1 Å². The molecule has 5 rings (SSSR count). The molecular formula is C24H23N3O. The molecule has 0 radical (unpaired) electrons. The highest BCUT2D eigenvalue weighted by Crippen LogP contribution is 2.28. The van der Waals surface area contributed by atoms with Gasteiger partial charge in [0.15, 0.2) is 0 Å². The summed E-state index contributed by atoms with van der Waals surface area (Å²) in [5, 5.41) is 2.37. The van der Waals surface area contributed by atoms with E-state index in [0.29, 0.717) is 12.3 Å². The van der Waals surface area contributed by atoms with Gasteiger partial charge >= 0.3 is 0 Å². The lowest BCUT2D eigenvalue weighted by Gasteiger charge is -2.31. The van der Waals surface area contributed by atoms with Crippen LogP contribution in [-0.4, -0.2) is 33.9 Å². The summed E-state index contributed by atoms with van der Waals surface area (Å²) in [5.41, 5.74) is 3.22. The van der Waals surface area contributed by atoms with E-state index in [9.17, 15) is 4.79 Å². The van der Waals surface area contributed by atoms with E-state index in [0.717, 1.165) is 48.4 Å². The molecule has 1 aliphatic heterocycles. The minimum atomic E-state index is 0.222. The van der Waals surface area contributed by atoms with Crippen molar-refractivity contribution in [1.82, 2.24) is 14.9 Å². The van der Waals surface area contributed by atoms with Gasteiger partial charge in [0.25, 0.3) is 0 Å². The molecule has 0 saturated carbocycles. The lowest BCUT2D eigenvalue weighted by atomic mass is 9.95. The number of aromatic amines is 1. The number of carbonyl (C=O) groups excluding carboxylic acids is 1. The number of hydrogen-bond acceptors (Lipinski definition) is 2. The molecule has 1 aromatic heterocycles. The molecular weight excluding hydrogens is 346 g/mol. The van der Waals surface area contributed by atoms with Gasteiger partial charge in [-0.15, -0.1) is 0 Å². The number of rotatable bonds is 3. The van der Waals surface area contributed by atoms with Crippen LogP contribution in [0.3, 0.4) is 0 Å². The van der Waals surface area contributed by atoms with Crippen molar-refractivity contribution in [2.45, 2.75) is 25.2 Å². The summed E-state index contributed by atoms with van der Waals surface area (Å²) >= 11 is 0. The third-order valence-corrected chi connectivity index (χ3v) is 5.86. The van der Waals surface area contributed by atoms with Gasteiger partial charge in [0.05, 0.1) is 17.5 Å². The van der Waals surface area contributed by atoms with E-state index in [1.165, 1.54) is 10.8 Å². The number of amides is 1. The van der Waals surface area contributed by atoms with Crippen LogP contribution in [0, 0.1) is 0 Å². The number of hydrogen-bond donors (Lipinski definition) is 1. The van der Waals surface area contributed by atoms with Crippen LogP contribution >= 0.6 is 0 Å². The molecule has 4 heteroatoms. The summed E-state index contributed by atoms with van der Waals surface area (Å²) in [5.74, 6) is 1.68. The second kappa shape index (κ2) is 7.12. The van der Waals surface area contributed by atoms with E-state index in [4.69, 9.17) is 4.98 Å². The molecule has 0 atom stereocenters. The Morgan fingerprint density at radius 2 is 1.71 bits per heavy atom. The SMILES string of the molecule is O=C(Cc1cccc2ccccc12)N1CCC(c2nc3ccccc3[nH]2)CC1. The highest BCUT2D eigenvalue weighted by atomic mass is 16.2. The van der Waals surface area contributed by atoms with Crippen LogP contribution < -0.4 is 0 Å². The van der Waals surface area contributed by atoms with Crippen LogP contribution in [0.25, 0.3) is 21.8 Å². The van der Waals surface area contributed by atoms with Crippen molar-refractivity contribution >= 4 is 27.7 Å². The number of aromatic nitrogens is 2. The average molecular weight is 369 g/mol. The highest BCUT2D eigenvalue weighted by Gasteiger charge is 2.26. The summed E-state index contributed by atoms with van der Waals surface area (Å²) in [6.07, 6.45) is 2.39. The quantitative estimate of drug-likeness (QED) is 0.571. The second-order valence-electron chi connectivity index (χ2n) is 7.61. The number of imidazole rings is 1. The molecule has 0 unspecified atom stereocenters. The van der Waals surface area contributed by atoms with Gasteiger partial charge in [-0.1, -0.05) is 54.6 Å². The molecule has 1 amide bonds. The maximum atomic E-state index is 12.9. The monoisotopic (exact) mass is 369 g/mol. The van der Waals surface area contributed by atoms with E-state index in [-0.39, 0.29) is 5.91 Å². The third-order valence-electron chi connectivity index (χ3n) is 5.86. The zero-order valence-corrected chi connectivity index (χ0v) is 15.8. The minimum Gasteiger partial charge on any atom is -0.342 e. The van der Waals surface area contributed by atoms with Crippen LogP contribution in [-0.2, 0) is 11.2 Å². The predicted molar refractivity (Wildman–Crippen MR) is 112 cm³/mol. The Hall–Kier alpha value is -3.14. The number of piperidine rings is 1. The predicted octanol–water partition coefficient (Wildman–Crippen LogP) is 4.66. The van der Waals surface area contributed by atoms with Crippen molar-refractivity contribution in [1.29, 1.82) is 0 Å². The van der Waals surface area contributed by atoms with Gasteiger partial charge in [-0.05, 0) is 41.3 Å². The Bertz CT molecular complexity index is 1100. The summed E-state index contributed by atoms with van der Waals surface area (Å²) in [6.45, 7) is 1.59. The topological polar surface area (TPSA) is 49.0 Å². The number of nitrogens with one attached hydrogen (secondary N) is 1. The van der Waals surface area contributed by atoms with E-state index in [1.807, 2.05) is 41.3 Å². The van der Waals surface area contributed by atoms with Crippen LogP contribution in [0.15, 0.2) is 66.7 Å². The van der Waals surface area contributed by atoms with Crippen molar-refractivity contribution in [2.24, 2.45) is 0 Å². The largest absolute Gasteiger partial charge is 0.342 e. The van der Waals surface area contributed by atoms with Crippen LogP contribution in [0.5, 0.6) is 0 Å². The molecule has 0 spiro atoms. The summed E-state index contributed by atoms with van der Waals surface area (Å²) in [6, 6.07) is 22.6. The van der Waals surface area contributed by atoms with E-state index in [2.05, 4.69) is 35.3 Å². The van der Waals surface area contributed by atoms with Gasteiger partial charge in [0.1, 0.15) is 5.82 Å². The van der Waals surface area contributed by atoms with Gasteiger partial charge in [-0.25, -0.2) is 4.98 Å². The minimum absolute atomic E-state index is 0.222. The number of fused-ring (bicyclic) bond motifs is 2. The number of H-pyrrole nitrogens is 1. The highest BCUT2D eigenvalue weighted by molar-refractivity contribution is 5.90. The summed E-state index contributed by atoms with van der Waals surface area (Å²) in [7, 11) is 0. The normalized spacial score (nSPS) is 15.4. The fraction of sp³-hybridized carbons (Fsp3) is 0.250. The molecule has 140 valence electrons. The Morgan fingerprint density at radius 3 is 2.57 bits per heavy atom. The fourth-order valence-corrected chi connectivity index (χ4v) is 4.29. The van der Waals surface area contributed by atoms with Crippen molar-refractivity contribution < 1.29 is 4.79 Å². The first kappa shape index (κ1) is 17.0. The van der Waals surface area contributed by atoms with Crippen LogP contribution in [0.2, 0.25) is 0 Å². The zero-order chi connectivity index (χ0) is 18.9. The maximum absolute atomic E-state index is 12.9. The van der Waals surface area contributed by atoms with Crippen LogP contribution in [0.1, 0.15) is 30.1 Å². The summed E-state index contributed by atoms with van der Waals surface area (Å²) < 4.78 is 0. The maximum Gasteiger partial charge on any atom is 0.227 e. The molecule has 4 aromatic rings. The number of para-hydroxylation sites is 2. The second-order valence-corrected chi connectivity index (χ2v) is 7.61. The molecule has 0 aliphatic carbocycles. The van der Waals surface area contributed by atoms with Crippen molar-refractivity contribution in [3.63, 3.8) is 0 Å². The summed E-state index contributed by atoms with van der Waals surface area (Å²) in [4.78, 5) is 23.1. The molecule has 1 saturated heterocycles. The molecule has 2 heterocycles. The smallest absolute Gasteiger partial charge is 0.227 e. The van der Waals surface area contributed by atoms with Gasteiger partial charge in [-0.3, -0.25) is 4.79 Å². The number of likely N-dealkylation sites (tertiary alicyclic amines) is 1. The van der Waals surface area contributed by atoms with Crippen LogP contribution in [0.4, 0.5) is 0 Å².